The molecule has 28 heavy (non-hydrogen) atoms. The summed E-state index contributed by atoms with van der Waals surface area (Å²) >= 11 is 4.24. The summed E-state index contributed by atoms with van der Waals surface area (Å²) in [7, 11) is 0. The van der Waals surface area contributed by atoms with Gasteiger partial charge in [0.15, 0.2) is 0 Å². The number of thiophene rings is 1. The minimum Gasteiger partial charge on any atom is -0.374 e. The molecule has 0 amide bonds. The normalized spacial score (nSPS) is 20.3. The molecule has 2 aromatic rings. The van der Waals surface area contributed by atoms with Crippen LogP contribution in [0.1, 0.15) is 28.0 Å². The van der Waals surface area contributed by atoms with E-state index in [2.05, 4.69) is 25.9 Å². The molecule has 0 saturated carbocycles. The first-order chi connectivity index (χ1) is 12.8. The third kappa shape index (κ3) is 3.40. The van der Waals surface area contributed by atoms with Crippen LogP contribution in [0.3, 0.4) is 0 Å². The van der Waals surface area contributed by atoms with Crippen molar-refractivity contribution >= 4 is 33.0 Å². The molecule has 3 rings (SSSR count). The quantitative estimate of drug-likeness (QED) is 0.426. The third-order valence-corrected chi connectivity index (χ3v) is 6.31. The minimum absolute atomic E-state index is 0.214. The Bertz CT molecular complexity index is 945. The van der Waals surface area contributed by atoms with Gasteiger partial charge in [0.1, 0.15) is 17.3 Å². The molecule has 1 atom stereocenters. The van der Waals surface area contributed by atoms with Crippen molar-refractivity contribution in [3.63, 3.8) is 0 Å². The molecule has 152 valence electrons. The number of hydrogen-bond donors (Lipinski definition) is 0. The van der Waals surface area contributed by atoms with Gasteiger partial charge in [0.2, 0.25) is 0 Å². The summed E-state index contributed by atoms with van der Waals surface area (Å²) < 4.78 is 109. The lowest BCUT2D eigenvalue weighted by Crippen LogP contribution is -2.43. The second-order valence-electron chi connectivity index (χ2n) is 6.01. The largest absolute Gasteiger partial charge is 0.435 e. The van der Waals surface area contributed by atoms with Crippen LogP contribution in [0.2, 0.25) is 0 Å². The highest BCUT2D eigenvalue weighted by molar-refractivity contribution is 9.11. The zero-order chi connectivity index (χ0) is 21.1. The Morgan fingerprint density at radius 1 is 1.07 bits per heavy atom. The molecule has 2 heterocycles. The standard InChI is InChI=1S/C16H8BrF8NOS/c1-6-2-12(28-13(6)17)11-5-14(27-26-11,16(23,24)25)7-3-8(15(20,21)22)10(19)4-9(7)18/h2-4H,5H2,1H3. The van der Waals surface area contributed by atoms with Gasteiger partial charge < -0.3 is 4.84 Å². The maximum atomic E-state index is 14.2. The second-order valence-corrected chi connectivity index (χ2v) is 8.38. The molecule has 0 fully saturated rings. The Morgan fingerprint density at radius 2 is 1.71 bits per heavy atom. The first kappa shape index (κ1) is 21.0. The van der Waals surface area contributed by atoms with Gasteiger partial charge in [-0.3, -0.25) is 0 Å². The van der Waals surface area contributed by atoms with Gasteiger partial charge in [-0.15, -0.1) is 11.3 Å². The van der Waals surface area contributed by atoms with E-state index in [4.69, 9.17) is 0 Å². The van der Waals surface area contributed by atoms with E-state index < -0.39 is 47.1 Å². The van der Waals surface area contributed by atoms with Crippen molar-refractivity contribution in [2.45, 2.75) is 31.3 Å². The highest BCUT2D eigenvalue weighted by atomic mass is 79.9. The molecule has 1 aliphatic rings. The number of rotatable bonds is 2. The molecule has 0 saturated heterocycles. The summed E-state index contributed by atoms with van der Waals surface area (Å²) in [6.07, 6.45) is -11.7. The van der Waals surface area contributed by atoms with Crippen LogP contribution >= 0.6 is 27.3 Å². The fourth-order valence-corrected chi connectivity index (χ4v) is 4.21. The zero-order valence-corrected chi connectivity index (χ0v) is 16.0. The van der Waals surface area contributed by atoms with Gasteiger partial charge in [-0.05, 0) is 40.5 Å². The molecule has 0 spiro atoms. The van der Waals surface area contributed by atoms with Gasteiger partial charge in [0, 0.05) is 11.6 Å². The van der Waals surface area contributed by atoms with Gasteiger partial charge in [0.05, 0.1) is 20.6 Å². The number of hydrogen-bond acceptors (Lipinski definition) is 3. The molecule has 0 bridgehead atoms. The van der Waals surface area contributed by atoms with E-state index >= 15 is 0 Å². The summed E-state index contributed by atoms with van der Waals surface area (Å²) in [5.74, 6) is -3.84. The maximum Gasteiger partial charge on any atom is 0.435 e. The van der Waals surface area contributed by atoms with Crippen LogP contribution < -0.4 is 0 Å². The van der Waals surface area contributed by atoms with E-state index in [1.165, 1.54) is 6.07 Å². The fraction of sp³-hybridized carbons (Fsp3) is 0.312. The highest BCUT2D eigenvalue weighted by Gasteiger charge is 2.64. The molecule has 1 aromatic carbocycles. The van der Waals surface area contributed by atoms with E-state index in [1.54, 1.807) is 6.92 Å². The maximum absolute atomic E-state index is 14.2. The van der Waals surface area contributed by atoms with Crippen LogP contribution in [0.15, 0.2) is 27.1 Å². The van der Waals surface area contributed by atoms with Gasteiger partial charge in [0.25, 0.3) is 5.60 Å². The molecule has 0 aliphatic carbocycles. The first-order valence-electron chi connectivity index (χ1n) is 7.41. The van der Waals surface area contributed by atoms with Crippen molar-refractivity contribution in [1.82, 2.24) is 0 Å². The molecular weight excluding hydrogens is 486 g/mol. The molecule has 0 N–H and O–H groups in total. The van der Waals surface area contributed by atoms with E-state index in [0.717, 1.165) is 11.3 Å². The van der Waals surface area contributed by atoms with Crippen molar-refractivity contribution < 1.29 is 40.0 Å². The number of aryl methyl sites for hydroxylation is 1. The van der Waals surface area contributed by atoms with Crippen molar-refractivity contribution in [2.24, 2.45) is 5.16 Å². The topological polar surface area (TPSA) is 21.6 Å². The first-order valence-corrected chi connectivity index (χ1v) is 9.02. The summed E-state index contributed by atoms with van der Waals surface area (Å²) in [5.41, 5.74) is -6.54. The summed E-state index contributed by atoms with van der Waals surface area (Å²) in [6.45, 7) is 1.67. The Hall–Kier alpha value is -1.69. The van der Waals surface area contributed by atoms with E-state index in [9.17, 15) is 35.1 Å². The van der Waals surface area contributed by atoms with Crippen LogP contribution in [0, 0.1) is 18.6 Å². The van der Waals surface area contributed by atoms with Crippen molar-refractivity contribution in [2.75, 3.05) is 0 Å². The van der Waals surface area contributed by atoms with Crippen LogP contribution in [0.5, 0.6) is 0 Å². The number of oxime groups is 1. The van der Waals surface area contributed by atoms with Gasteiger partial charge in [-0.2, -0.15) is 26.3 Å². The molecular formula is C16H8BrF8NOS. The van der Waals surface area contributed by atoms with Crippen LogP contribution in [-0.2, 0) is 16.6 Å². The molecule has 12 heteroatoms. The Kier molecular flexibility index (Phi) is 5.02. The number of halogens is 9. The predicted octanol–water partition coefficient (Wildman–Crippen LogP) is 6.70. The van der Waals surface area contributed by atoms with Crippen LogP contribution in [0.4, 0.5) is 35.1 Å². The van der Waals surface area contributed by atoms with E-state index in [0.29, 0.717) is 9.35 Å². The van der Waals surface area contributed by atoms with Gasteiger partial charge >= 0.3 is 12.4 Å². The smallest absolute Gasteiger partial charge is 0.374 e. The Balaban J connectivity index is 2.14. The summed E-state index contributed by atoms with van der Waals surface area (Å²) in [4.78, 5) is 4.79. The Labute approximate surface area is 164 Å². The summed E-state index contributed by atoms with van der Waals surface area (Å²) in [5, 5.41) is 3.36. The van der Waals surface area contributed by atoms with E-state index in [1.807, 2.05) is 0 Å². The van der Waals surface area contributed by atoms with E-state index in [-0.39, 0.29) is 22.7 Å². The lowest BCUT2D eigenvalue weighted by Gasteiger charge is -2.30. The molecule has 2 nitrogen and oxygen atoms in total. The minimum atomic E-state index is -5.33. The van der Waals surface area contributed by atoms with Crippen molar-refractivity contribution in [1.29, 1.82) is 0 Å². The lowest BCUT2D eigenvalue weighted by molar-refractivity contribution is -0.277. The molecule has 1 aliphatic heterocycles. The highest BCUT2D eigenvalue weighted by Crippen LogP contribution is 2.51. The Morgan fingerprint density at radius 3 is 2.21 bits per heavy atom. The number of benzene rings is 1. The van der Waals surface area contributed by atoms with Crippen LogP contribution in [-0.4, -0.2) is 11.9 Å². The number of alkyl halides is 6. The second kappa shape index (κ2) is 6.68. The number of nitrogens with zero attached hydrogens (tertiary/aromatic N) is 1. The summed E-state index contributed by atoms with van der Waals surface area (Å²) in [6, 6.07) is 1.05. The predicted molar refractivity (Wildman–Crippen MR) is 88.1 cm³/mol. The van der Waals surface area contributed by atoms with Crippen molar-refractivity contribution in [3.05, 3.63) is 55.2 Å². The van der Waals surface area contributed by atoms with Crippen LogP contribution in [0.25, 0.3) is 0 Å². The lowest BCUT2D eigenvalue weighted by atomic mass is 9.86. The molecule has 0 radical (unpaired) electrons. The monoisotopic (exact) mass is 493 g/mol. The average molecular weight is 494 g/mol. The zero-order valence-electron chi connectivity index (χ0n) is 13.6. The third-order valence-electron chi connectivity index (χ3n) is 4.12. The van der Waals surface area contributed by atoms with Gasteiger partial charge in [-0.25, -0.2) is 8.78 Å². The van der Waals surface area contributed by atoms with Crippen molar-refractivity contribution in [3.8, 4) is 0 Å². The fourth-order valence-electron chi connectivity index (χ4n) is 2.69. The molecule has 1 aromatic heterocycles. The average Bonchev–Trinajstić information content (AvgIpc) is 3.11. The molecule has 1 unspecified atom stereocenters. The SMILES string of the molecule is Cc1cc(C2=NOC(c3cc(C(F)(F)F)c(F)cc3F)(C(F)(F)F)C2)sc1Br. The van der Waals surface area contributed by atoms with Gasteiger partial charge in [-0.1, -0.05) is 5.16 Å².